The van der Waals surface area contributed by atoms with Crippen LogP contribution in [-0.4, -0.2) is 21.4 Å². The molecule has 7 nitrogen and oxygen atoms in total. The molecule has 0 bridgehead atoms. The average Bonchev–Trinajstić information content (AvgIpc) is 2.82. The minimum absolute atomic E-state index is 0.00281. The molecule has 0 saturated heterocycles. The van der Waals surface area contributed by atoms with Crippen LogP contribution >= 0.6 is 0 Å². The molecule has 9 heteroatoms. The fraction of sp³-hybridized carbons (Fsp3) is 0.154. The second kappa shape index (κ2) is 9.84. The van der Waals surface area contributed by atoms with Gasteiger partial charge in [0.2, 0.25) is 17.6 Å². The summed E-state index contributed by atoms with van der Waals surface area (Å²) < 4.78 is 28.0. The highest BCUT2D eigenvalue weighted by Gasteiger charge is 2.22. The van der Waals surface area contributed by atoms with E-state index in [1.165, 1.54) is 58.9 Å². The summed E-state index contributed by atoms with van der Waals surface area (Å²) in [5.74, 6) is -1.93. The van der Waals surface area contributed by atoms with Gasteiger partial charge in [-0.2, -0.15) is 0 Å². The number of rotatable bonds is 6. The summed E-state index contributed by atoms with van der Waals surface area (Å²) in [6.07, 6.45) is 0. The minimum Gasteiger partial charge on any atom is -0.324 e. The zero-order chi connectivity index (χ0) is 25.1. The first-order chi connectivity index (χ1) is 16.7. The first kappa shape index (κ1) is 23.7. The van der Waals surface area contributed by atoms with E-state index in [0.29, 0.717) is 27.8 Å². The zero-order valence-corrected chi connectivity index (χ0v) is 19.1. The van der Waals surface area contributed by atoms with E-state index in [4.69, 9.17) is 0 Å². The SMILES string of the molecule is CC(=O)N(Cc1ccc(F)cc1)c1nc2ccccc2n(CC(=O)Nc2ccc(F)cc2C)c1=O. The van der Waals surface area contributed by atoms with Crippen molar-refractivity contribution in [3.8, 4) is 0 Å². The number of amides is 2. The van der Waals surface area contributed by atoms with Crippen molar-refractivity contribution in [2.75, 3.05) is 10.2 Å². The number of nitrogens with one attached hydrogen (secondary N) is 1. The van der Waals surface area contributed by atoms with Gasteiger partial charge in [-0.15, -0.1) is 0 Å². The molecule has 3 aromatic carbocycles. The van der Waals surface area contributed by atoms with Crippen LogP contribution in [0.2, 0.25) is 0 Å². The lowest BCUT2D eigenvalue weighted by Crippen LogP contribution is -2.38. The summed E-state index contributed by atoms with van der Waals surface area (Å²) in [6.45, 7) is 2.60. The normalized spacial score (nSPS) is 10.9. The summed E-state index contributed by atoms with van der Waals surface area (Å²) in [5.41, 5.74) is 1.76. The number of para-hydroxylation sites is 2. The lowest BCUT2D eigenvalue weighted by atomic mass is 10.2. The molecule has 1 aromatic heterocycles. The van der Waals surface area contributed by atoms with Crippen molar-refractivity contribution in [2.45, 2.75) is 26.9 Å². The second-order valence-corrected chi connectivity index (χ2v) is 8.05. The molecule has 4 aromatic rings. The number of fused-ring (bicyclic) bond motifs is 1. The molecule has 2 amide bonds. The number of aryl methyl sites for hydroxylation is 1. The highest BCUT2D eigenvalue weighted by molar-refractivity contribution is 5.93. The number of hydrogen-bond donors (Lipinski definition) is 1. The van der Waals surface area contributed by atoms with Gasteiger partial charge < -0.3 is 5.32 Å². The van der Waals surface area contributed by atoms with E-state index in [9.17, 15) is 23.2 Å². The predicted molar refractivity (Wildman–Crippen MR) is 129 cm³/mol. The lowest BCUT2D eigenvalue weighted by molar-refractivity contribution is -0.117. The Morgan fingerprint density at radius 1 is 1.00 bits per heavy atom. The summed E-state index contributed by atoms with van der Waals surface area (Å²) in [6, 6.07) is 16.3. The van der Waals surface area contributed by atoms with Crippen LogP contribution in [0.1, 0.15) is 18.1 Å². The van der Waals surface area contributed by atoms with Gasteiger partial charge in [-0.05, 0) is 60.5 Å². The fourth-order valence-electron chi connectivity index (χ4n) is 3.72. The number of carbonyl (C=O) groups excluding carboxylic acids is 2. The number of hydrogen-bond acceptors (Lipinski definition) is 4. The Morgan fingerprint density at radius 3 is 2.37 bits per heavy atom. The second-order valence-electron chi connectivity index (χ2n) is 8.05. The molecule has 1 N–H and O–H groups in total. The average molecular weight is 476 g/mol. The third-order valence-electron chi connectivity index (χ3n) is 5.49. The first-order valence-corrected chi connectivity index (χ1v) is 10.8. The summed E-state index contributed by atoms with van der Waals surface area (Å²) in [4.78, 5) is 44.4. The monoisotopic (exact) mass is 476 g/mol. The highest BCUT2D eigenvalue weighted by Crippen LogP contribution is 2.19. The molecule has 0 aliphatic heterocycles. The van der Waals surface area contributed by atoms with Gasteiger partial charge in [-0.1, -0.05) is 24.3 Å². The standard InChI is InChI=1S/C26H22F2N4O3/c1-16-13-20(28)11-12-21(16)29-24(34)15-32-23-6-4-3-5-22(23)30-25(26(32)35)31(17(2)33)14-18-7-9-19(27)10-8-18/h3-13H,14-15H2,1-2H3,(H,29,34). The number of nitrogens with zero attached hydrogens (tertiary/aromatic N) is 3. The zero-order valence-electron chi connectivity index (χ0n) is 19.1. The molecule has 0 fully saturated rings. The van der Waals surface area contributed by atoms with Gasteiger partial charge in [0.15, 0.2) is 0 Å². The third-order valence-corrected chi connectivity index (χ3v) is 5.49. The smallest absolute Gasteiger partial charge is 0.294 e. The van der Waals surface area contributed by atoms with Gasteiger partial charge >= 0.3 is 0 Å². The Hall–Kier alpha value is -4.40. The predicted octanol–water partition coefficient (Wildman–Crippen LogP) is 4.17. The van der Waals surface area contributed by atoms with Crippen molar-refractivity contribution in [3.63, 3.8) is 0 Å². The first-order valence-electron chi connectivity index (χ1n) is 10.8. The van der Waals surface area contributed by atoms with E-state index in [1.807, 2.05) is 0 Å². The quantitative estimate of drug-likeness (QED) is 0.453. The van der Waals surface area contributed by atoms with Crippen LogP contribution in [-0.2, 0) is 22.7 Å². The Morgan fingerprint density at radius 2 is 1.69 bits per heavy atom. The molecule has 0 aliphatic rings. The molecular weight excluding hydrogens is 454 g/mol. The van der Waals surface area contributed by atoms with E-state index in [1.54, 1.807) is 31.2 Å². The van der Waals surface area contributed by atoms with Crippen LogP contribution < -0.4 is 15.8 Å². The Balaban J connectivity index is 1.73. The molecule has 0 saturated carbocycles. The number of carbonyl (C=O) groups is 2. The maximum atomic E-state index is 13.5. The largest absolute Gasteiger partial charge is 0.324 e. The van der Waals surface area contributed by atoms with Gasteiger partial charge in [-0.3, -0.25) is 23.9 Å². The van der Waals surface area contributed by atoms with Gasteiger partial charge in [0.05, 0.1) is 17.6 Å². The molecule has 0 aliphatic carbocycles. The van der Waals surface area contributed by atoms with Crippen LogP contribution in [0.25, 0.3) is 11.0 Å². The molecule has 0 atom stereocenters. The van der Waals surface area contributed by atoms with E-state index in [-0.39, 0.29) is 18.9 Å². The van der Waals surface area contributed by atoms with Crippen LogP contribution in [0.15, 0.2) is 71.5 Å². The molecule has 0 radical (unpaired) electrons. The van der Waals surface area contributed by atoms with Crippen LogP contribution in [0.4, 0.5) is 20.3 Å². The van der Waals surface area contributed by atoms with E-state index in [0.717, 1.165) is 0 Å². The summed E-state index contributed by atoms with van der Waals surface area (Å²) in [5, 5.41) is 2.69. The van der Waals surface area contributed by atoms with Crippen LogP contribution in [0.5, 0.6) is 0 Å². The van der Waals surface area contributed by atoms with Crippen LogP contribution in [0.3, 0.4) is 0 Å². The summed E-state index contributed by atoms with van der Waals surface area (Å²) in [7, 11) is 0. The van der Waals surface area contributed by atoms with Crippen molar-refractivity contribution >= 4 is 34.4 Å². The van der Waals surface area contributed by atoms with Crippen molar-refractivity contribution in [2.24, 2.45) is 0 Å². The van der Waals surface area contributed by atoms with E-state index >= 15 is 0 Å². The molecule has 178 valence electrons. The molecule has 4 rings (SSSR count). The lowest BCUT2D eigenvalue weighted by Gasteiger charge is -2.21. The Kier molecular flexibility index (Phi) is 6.68. The maximum absolute atomic E-state index is 13.5. The van der Waals surface area contributed by atoms with Crippen LogP contribution in [0, 0.1) is 18.6 Å². The number of halogens is 2. The topological polar surface area (TPSA) is 84.3 Å². The van der Waals surface area contributed by atoms with Gasteiger partial charge in [0, 0.05) is 12.6 Å². The molecule has 0 unspecified atom stereocenters. The third kappa shape index (κ3) is 5.24. The number of anilines is 2. The van der Waals surface area contributed by atoms with Gasteiger partial charge in [0.25, 0.3) is 5.56 Å². The van der Waals surface area contributed by atoms with E-state index < -0.39 is 29.0 Å². The molecular formula is C26H22F2N4O3. The highest BCUT2D eigenvalue weighted by atomic mass is 19.1. The van der Waals surface area contributed by atoms with Crippen molar-refractivity contribution < 1.29 is 18.4 Å². The minimum atomic E-state index is -0.632. The Bertz CT molecular complexity index is 1480. The van der Waals surface area contributed by atoms with Gasteiger partial charge in [-0.25, -0.2) is 13.8 Å². The van der Waals surface area contributed by atoms with Crippen molar-refractivity contribution in [1.29, 1.82) is 0 Å². The van der Waals surface area contributed by atoms with Crippen molar-refractivity contribution in [3.05, 3.63) is 99.8 Å². The Labute approximate surface area is 199 Å². The fourth-order valence-corrected chi connectivity index (χ4v) is 3.72. The molecule has 35 heavy (non-hydrogen) atoms. The molecule has 1 heterocycles. The van der Waals surface area contributed by atoms with E-state index in [2.05, 4.69) is 10.3 Å². The van der Waals surface area contributed by atoms with Crippen molar-refractivity contribution in [1.82, 2.24) is 9.55 Å². The number of aromatic nitrogens is 2. The molecule has 0 spiro atoms. The summed E-state index contributed by atoms with van der Waals surface area (Å²) >= 11 is 0. The van der Waals surface area contributed by atoms with Gasteiger partial charge in [0.1, 0.15) is 18.2 Å². The number of benzene rings is 3. The maximum Gasteiger partial charge on any atom is 0.294 e.